The number of aliphatic carboxylic acids is 1. The van der Waals surface area contributed by atoms with E-state index in [2.05, 4.69) is 0 Å². The number of hydrogen-bond acceptors (Lipinski definition) is 2. The molecule has 15 heavy (non-hydrogen) atoms. The predicted octanol–water partition coefficient (Wildman–Crippen LogP) is 2.53. The molecule has 80 valence electrons. The van der Waals surface area contributed by atoms with Gasteiger partial charge in [-0.3, -0.25) is 9.59 Å². The molecule has 0 aliphatic carbocycles. The van der Waals surface area contributed by atoms with Crippen LogP contribution >= 0.6 is 11.6 Å². The summed E-state index contributed by atoms with van der Waals surface area (Å²) >= 11 is 5.43. The van der Waals surface area contributed by atoms with Crippen molar-refractivity contribution < 1.29 is 19.1 Å². The second-order valence-corrected chi connectivity index (χ2v) is 3.35. The van der Waals surface area contributed by atoms with Crippen molar-refractivity contribution in [3.63, 3.8) is 0 Å². The van der Waals surface area contributed by atoms with Crippen LogP contribution in [0.5, 0.6) is 0 Å². The molecular formula is C10H8ClFO3. The lowest BCUT2D eigenvalue weighted by Crippen LogP contribution is -2.04. The number of Topliss-reactive ketones (excluding diaryl/α,β-unsaturated/α-hetero) is 1. The van der Waals surface area contributed by atoms with E-state index >= 15 is 0 Å². The van der Waals surface area contributed by atoms with Gasteiger partial charge < -0.3 is 5.11 Å². The Hall–Kier alpha value is -1.42. The fraction of sp³-hybridized carbons (Fsp3) is 0.200. The molecule has 0 amide bonds. The summed E-state index contributed by atoms with van der Waals surface area (Å²) in [7, 11) is 0. The van der Waals surface area contributed by atoms with Crippen LogP contribution in [0.4, 0.5) is 4.39 Å². The standard InChI is InChI=1S/C10H8ClFO3/c11-7-2-1-6(5-8(7)12)9(13)3-4-10(14)15/h1-2,5H,3-4H2,(H,14,15). The van der Waals surface area contributed by atoms with Crippen molar-refractivity contribution in [2.24, 2.45) is 0 Å². The maximum absolute atomic E-state index is 12.9. The summed E-state index contributed by atoms with van der Waals surface area (Å²) < 4.78 is 12.9. The highest BCUT2D eigenvalue weighted by Crippen LogP contribution is 2.16. The highest BCUT2D eigenvalue weighted by atomic mass is 35.5. The van der Waals surface area contributed by atoms with Crippen LogP contribution in [0.25, 0.3) is 0 Å². The molecule has 0 radical (unpaired) electrons. The largest absolute Gasteiger partial charge is 0.481 e. The van der Waals surface area contributed by atoms with Gasteiger partial charge in [-0.25, -0.2) is 4.39 Å². The predicted molar refractivity (Wildman–Crippen MR) is 52.6 cm³/mol. The number of benzene rings is 1. The average molecular weight is 231 g/mol. The third-order valence-corrected chi connectivity index (χ3v) is 2.11. The molecule has 0 fully saturated rings. The van der Waals surface area contributed by atoms with Crippen LogP contribution in [0.2, 0.25) is 5.02 Å². The molecule has 0 saturated heterocycles. The molecule has 0 spiro atoms. The number of rotatable bonds is 4. The SMILES string of the molecule is O=C(O)CCC(=O)c1ccc(Cl)c(F)c1. The van der Waals surface area contributed by atoms with Gasteiger partial charge in [0.05, 0.1) is 11.4 Å². The summed E-state index contributed by atoms with van der Waals surface area (Å²) in [5.74, 6) is -2.15. The number of ketones is 1. The zero-order valence-corrected chi connectivity index (χ0v) is 8.42. The Morgan fingerprint density at radius 2 is 2.00 bits per heavy atom. The van der Waals surface area contributed by atoms with Crippen molar-refractivity contribution in [3.05, 3.63) is 34.6 Å². The van der Waals surface area contributed by atoms with Crippen LogP contribution in [-0.4, -0.2) is 16.9 Å². The monoisotopic (exact) mass is 230 g/mol. The number of carboxylic acid groups (broad SMARTS) is 1. The molecule has 1 rings (SSSR count). The van der Waals surface area contributed by atoms with E-state index in [-0.39, 0.29) is 23.4 Å². The first-order valence-electron chi connectivity index (χ1n) is 4.20. The Bertz CT molecular complexity index is 404. The van der Waals surface area contributed by atoms with E-state index in [0.29, 0.717) is 0 Å². The van der Waals surface area contributed by atoms with Gasteiger partial charge in [0.1, 0.15) is 5.82 Å². The zero-order valence-electron chi connectivity index (χ0n) is 7.67. The second-order valence-electron chi connectivity index (χ2n) is 2.95. The maximum atomic E-state index is 12.9. The van der Waals surface area contributed by atoms with Gasteiger partial charge in [0.15, 0.2) is 5.78 Å². The van der Waals surface area contributed by atoms with E-state index in [4.69, 9.17) is 16.7 Å². The molecule has 1 aromatic carbocycles. The van der Waals surface area contributed by atoms with Gasteiger partial charge in [0, 0.05) is 12.0 Å². The summed E-state index contributed by atoms with van der Waals surface area (Å²) in [6.45, 7) is 0. The Balaban J connectivity index is 2.74. The van der Waals surface area contributed by atoms with Gasteiger partial charge in [-0.1, -0.05) is 11.6 Å². The molecule has 0 atom stereocenters. The van der Waals surface area contributed by atoms with E-state index < -0.39 is 17.6 Å². The first-order valence-corrected chi connectivity index (χ1v) is 4.58. The lowest BCUT2D eigenvalue weighted by molar-refractivity contribution is -0.136. The van der Waals surface area contributed by atoms with Crippen LogP contribution in [0, 0.1) is 5.82 Å². The maximum Gasteiger partial charge on any atom is 0.303 e. The number of hydrogen-bond donors (Lipinski definition) is 1. The number of halogens is 2. The van der Waals surface area contributed by atoms with E-state index in [9.17, 15) is 14.0 Å². The van der Waals surface area contributed by atoms with E-state index in [1.54, 1.807) is 0 Å². The van der Waals surface area contributed by atoms with Crippen molar-refractivity contribution in [3.8, 4) is 0 Å². The van der Waals surface area contributed by atoms with Crippen LogP contribution in [0.15, 0.2) is 18.2 Å². The highest BCUT2D eigenvalue weighted by Gasteiger charge is 2.10. The molecule has 0 aliphatic rings. The summed E-state index contributed by atoms with van der Waals surface area (Å²) in [6.07, 6.45) is -0.403. The molecule has 5 heteroatoms. The highest BCUT2D eigenvalue weighted by molar-refractivity contribution is 6.30. The molecular weight excluding hydrogens is 223 g/mol. The minimum absolute atomic E-state index is 0.0650. The first kappa shape index (κ1) is 11.7. The molecule has 0 heterocycles. The molecule has 3 nitrogen and oxygen atoms in total. The molecule has 0 unspecified atom stereocenters. The lowest BCUT2D eigenvalue weighted by atomic mass is 10.1. The van der Waals surface area contributed by atoms with Crippen molar-refractivity contribution in [1.82, 2.24) is 0 Å². The molecule has 1 N–H and O–H groups in total. The van der Waals surface area contributed by atoms with Crippen molar-refractivity contribution in [1.29, 1.82) is 0 Å². The lowest BCUT2D eigenvalue weighted by Gasteiger charge is -2.00. The van der Waals surface area contributed by atoms with Crippen LogP contribution in [0.3, 0.4) is 0 Å². The van der Waals surface area contributed by atoms with Gasteiger partial charge in [0.25, 0.3) is 0 Å². The van der Waals surface area contributed by atoms with Gasteiger partial charge in [-0.05, 0) is 18.2 Å². The fourth-order valence-corrected chi connectivity index (χ4v) is 1.15. The Morgan fingerprint density at radius 1 is 1.33 bits per heavy atom. The smallest absolute Gasteiger partial charge is 0.303 e. The summed E-state index contributed by atoms with van der Waals surface area (Å²) in [4.78, 5) is 21.5. The van der Waals surface area contributed by atoms with E-state index in [1.165, 1.54) is 12.1 Å². The van der Waals surface area contributed by atoms with Gasteiger partial charge in [0.2, 0.25) is 0 Å². The zero-order chi connectivity index (χ0) is 11.4. The summed E-state index contributed by atoms with van der Waals surface area (Å²) in [5, 5.41) is 8.30. The summed E-state index contributed by atoms with van der Waals surface area (Å²) in [6, 6.07) is 3.65. The first-order chi connectivity index (χ1) is 7.00. The number of carbonyl (C=O) groups excluding carboxylic acids is 1. The van der Waals surface area contributed by atoms with Crippen molar-refractivity contribution >= 4 is 23.4 Å². The van der Waals surface area contributed by atoms with Crippen LogP contribution < -0.4 is 0 Å². The minimum atomic E-state index is -1.06. The van der Waals surface area contributed by atoms with Crippen LogP contribution in [-0.2, 0) is 4.79 Å². The quantitative estimate of drug-likeness (QED) is 0.809. The number of carboxylic acids is 1. The summed E-state index contributed by atoms with van der Waals surface area (Å²) in [5.41, 5.74) is 0.137. The second kappa shape index (κ2) is 4.89. The van der Waals surface area contributed by atoms with Crippen LogP contribution in [0.1, 0.15) is 23.2 Å². The molecule has 1 aromatic rings. The normalized spacial score (nSPS) is 10.0. The molecule has 0 saturated carbocycles. The number of carbonyl (C=O) groups is 2. The molecule has 0 aliphatic heterocycles. The Kier molecular flexibility index (Phi) is 3.80. The molecule has 0 bridgehead atoms. The van der Waals surface area contributed by atoms with Crippen molar-refractivity contribution in [2.45, 2.75) is 12.8 Å². The van der Waals surface area contributed by atoms with Gasteiger partial charge >= 0.3 is 5.97 Å². The van der Waals surface area contributed by atoms with Crippen molar-refractivity contribution in [2.75, 3.05) is 0 Å². The topological polar surface area (TPSA) is 54.4 Å². The van der Waals surface area contributed by atoms with E-state index in [0.717, 1.165) is 6.07 Å². The Labute approximate surface area is 90.5 Å². The molecule has 0 aromatic heterocycles. The van der Waals surface area contributed by atoms with Gasteiger partial charge in [-0.15, -0.1) is 0 Å². The third kappa shape index (κ3) is 3.32. The van der Waals surface area contributed by atoms with Gasteiger partial charge in [-0.2, -0.15) is 0 Å². The van der Waals surface area contributed by atoms with E-state index in [1.807, 2.05) is 0 Å². The minimum Gasteiger partial charge on any atom is -0.481 e. The Morgan fingerprint density at radius 3 is 2.53 bits per heavy atom. The third-order valence-electron chi connectivity index (χ3n) is 1.81. The average Bonchev–Trinajstić information content (AvgIpc) is 2.18. The fourth-order valence-electron chi connectivity index (χ4n) is 1.03.